The molecule has 0 bridgehead atoms. The number of anilines is 1. The lowest BCUT2D eigenvalue weighted by Gasteiger charge is -2.12. The average molecular weight is 521 g/mol. The van der Waals surface area contributed by atoms with Gasteiger partial charge in [-0.1, -0.05) is 77.8 Å². The van der Waals surface area contributed by atoms with Crippen molar-refractivity contribution in [2.75, 3.05) is 5.32 Å². The van der Waals surface area contributed by atoms with E-state index in [0.29, 0.717) is 27.4 Å². The molecule has 4 aromatic rings. The first-order valence-electron chi connectivity index (χ1n) is 11.9. The zero-order chi connectivity index (χ0) is 26.9. The molecule has 0 heterocycles. The van der Waals surface area contributed by atoms with E-state index in [0.717, 1.165) is 11.1 Å². The molecule has 5 nitrogen and oxygen atoms in total. The van der Waals surface area contributed by atoms with E-state index in [1.54, 1.807) is 91.0 Å². The van der Waals surface area contributed by atoms with E-state index in [1.165, 1.54) is 6.08 Å². The lowest BCUT2D eigenvalue weighted by molar-refractivity contribution is -0.113. The number of carbonyl (C=O) groups is 3. The zero-order valence-corrected chi connectivity index (χ0v) is 21.4. The van der Waals surface area contributed by atoms with Gasteiger partial charge in [-0.3, -0.25) is 14.4 Å². The van der Waals surface area contributed by atoms with Crippen LogP contribution in [0.5, 0.6) is 0 Å². The Morgan fingerprint density at radius 1 is 0.737 bits per heavy atom. The van der Waals surface area contributed by atoms with E-state index in [1.807, 2.05) is 31.2 Å². The minimum absolute atomic E-state index is 0.0578. The van der Waals surface area contributed by atoms with Gasteiger partial charge in [0, 0.05) is 21.8 Å². The fraction of sp³-hybridized carbons (Fsp3) is 0.0312. The van der Waals surface area contributed by atoms with Gasteiger partial charge in [-0.05, 0) is 78.7 Å². The molecule has 6 heteroatoms. The highest BCUT2D eigenvalue weighted by Gasteiger charge is 2.15. The topological polar surface area (TPSA) is 75.3 Å². The Morgan fingerprint density at radius 3 is 2.13 bits per heavy atom. The van der Waals surface area contributed by atoms with Crippen LogP contribution in [0.15, 0.2) is 115 Å². The van der Waals surface area contributed by atoms with Crippen molar-refractivity contribution in [2.45, 2.75) is 6.92 Å². The Morgan fingerprint density at radius 2 is 1.45 bits per heavy atom. The number of hydrogen-bond acceptors (Lipinski definition) is 3. The van der Waals surface area contributed by atoms with Gasteiger partial charge in [0.2, 0.25) is 0 Å². The van der Waals surface area contributed by atoms with Crippen molar-refractivity contribution in [1.82, 2.24) is 5.32 Å². The first-order chi connectivity index (χ1) is 18.4. The molecular formula is C32H25ClN2O3. The summed E-state index contributed by atoms with van der Waals surface area (Å²) in [7, 11) is 0. The van der Waals surface area contributed by atoms with Gasteiger partial charge in [-0.15, -0.1) is 0 Å². The van der Waals surface area contributed by atoms with Gasteiger partial charge < -0.3 is 10.6 Å². The summed E-state index contributed by atoms with van der Waals surface area (Å²) in [6, 6.07) is 29.9. The number of ketones is 1. The number of nitrogens with one attached hydrogen (secondary N) is 2. The van der Waals surface area contributed by atoms with Gasteiger partial charge in [0.25, 0.3) is 11.8 Å². The minimum atomic E-state index is -0.511. The van der Waals surface area contributed by atoms with Crippen LogP contribution in [0.4, 0.5) is 5.69 Å². The van der Waals surface area contributed by atoms with Crippen molar-refractivity contribution in [1.29, 1.82) is 0 Å². The summed E-state index contributed by atoms with van der Waals surface area (Å²) in [4.78, 5) is 38.5. The van der Waals surface area contributed by atoms with Gasteiger partial charge in [-0.25, -0.2) is 0 Å². The molecule has 0 saturated carbocycles. The molecule has 2 N–H and O–H groups in total. The molecule has 4 rings (SSSR count). The first kappa shape index (κ1) is 26.3. The average Bonchev–Trinajstić information content (AvgIpc) is 2.93. The lowest BCUT2D eigenvalue weighted by Crippen LogP contribution is -2.30. The van der Waals surface area contributed by atoms with Crippen LogP contribution in [0.1, 0.15) is 37.4 Å². The van der Waals surface area contributed by atoms with Crippen LogP contribution in [0.25, 0.3) is 12.2 Å². The maximum Gasteiger partial charge on any atom is 0.272 e. The highest BCUT2D eigenvalue weighted by molar-refractivity contribution is 6.30. The molecule has 2 amide bonds. The number of hydrogen-bond donors (Lipinski definition) is 2. The molecule has 0 saturated heterocycles. The Balaban J connectivity index is 1.49. The summed E-state index contributed by atoms with van der Waals surface area (Å²) >= 11 is 5.98. The van der Waals surface area contributed by atoms with Crippen LogP contribution >= 0.6 is 11.6 Å². The van der Waals surface area contributed by atoms with E-state index in [4.69, 9.17) is 11.6 Å². The van der Waals surface area contributed by atoms with Crippen molar-refractivity contribution in [3.8, 4) is 0 Å². The Kier molecular flexibility index (Phi) is 8.65. The molecule has 0 aliphatic carbocycles. The molecular weight excluding hydrogens is 496 g/mol. The van der Waals surface area contributed by atoms with E-state index in [-0.39, 0.29) is 11.5 Å². The SMILES string of the molecule is Cc1cccc(/C=C/C(=O)c2ccc(NC(=O)/C(=C/c3ccc(Cl)cc3)NC(=O)c3ccccc3)cc2)c1. The molecule has 0 fully saturated rings. The van der Waals surface area contributed by atoms with E-state index in [2.05, 4.69) is 10.6 Å². The molecule has 0 unspecified atom stereocenters. The summed E-state index contributed by atoms with van der Waals surface area (Å²) in [6.45, 7) is 2.00. The third-order valence-electron chi connectivity index (χ3n) is 5.61. The second-order valence-electron chi connectivity index (χ2n) is 8.57. The van der Waals surface area contributed by atoms with Gasteiger partial charge in [0.1, 0.15) is 5.70 Å². The third kappa shape index (κ3) is 7.38. The van der Waals surface area contributed by atoms with Crippen molar-refractivity contribution in [3.63, 3.8) is 0 Å². The van der Waals surface area contributed by atoms with Crippen molar-refractivity contribution in [2.24, 2.45) is 0 Å². The summed E-state index contributed by atoms with van der Waals surface area (Å²) < 4.78 is 0. The van der Waals surface area contributed by atoms with E-state index >= 15 is 0 Å². The highest BCUT2D eigenvalue weighted by atomic mass is 35.5. The Hall–Kier alpha value is -4.74. The fourth-order valence-corrected chi connectivity index (χ4v) is 3.75. The smallest absolute Gasteiger partial charge is 0.272 e. The van der Waals surface area contributed by atoms with Crippen LogP contribution in [0, 0.1) is 6.92 Å². The number of aryl methyl sites for hydroxylation is 1. The molecule has 0 aliphatic heterocycles. The van der Waals surface area contributed by atoms with Crippen LogP contribution in [-0.4, -0.2) is 17.6 Å². The number of benzene rings is 4. The second-order valence-corrected chi connectivity index (χ2v) is 9.01. The Labute approximate surface area is 226 Å². The maximum atomic E-state index is 13.2. The van der Waals surface area contributed by atoms with Crippen LogP contribution in [-0.2, 0) is 4.79 Å². The molecule has 188 valence electrons. The van der Waals surface area contributed by atoms with E-state index in [9.17, 15) is 14.4 Å². The first-order valence-corrected chi connectivity index (χ1v) is 12.3. The minimum Gasteiger partial charge on any atom is -0.321 e. The number of rotatable bonds is 8. The van der Waals surface area contributed by atoms with Gasteiger partial charge in [-0.2, -0.15) is 0 Å². The zero-order valence-electron chi connectivity index (χ0n) is 20.6. The molecule has 4 aromatic carbocycles. The van der Waals surface area contributed by atoms with Gasteiger partial charge in [0.15, 0.2) is 5.78 Å². The number of amides is 2. The quantitative estimate of drug-likeness (QED) is 0.195. The van der Waals surface area contributed by atoms with Crippen molar-refractivity contribution < 1.29 is 14.4 Å². The van der Waals surface area contributed by atoms with Crippen LogP contribution < -0.4 is 10.6 Å². The molecule has 0 radical (unpaired) electrons. The molecule has 0 spiro atoms. The standard InChI is InChI=1S/C32H25ClN2O3/c1-22-6-5-7-23(20-22)12-19-30(36)25-13-17-28(18-14-25)34-32(38)29(21-24-10-15-27(33)16-11-24)35-31(37)26-8-3-2-4-9-26/h2-21H,1H3,(H,34,38)(H,35,37)/b19-12+,29-21-. The summed E-state index contributed by atoms with van der Waals surface area (Å²) in [5.41, 5.74) is 4.19. The van der Waals surface area contributed by atoms with E-state index < -0.39 is 11.8 Å². The largest absolute Gasteiger partial charge is 0.321 e. The predicted octanol–water partition coefficient (Wildman–Crippen LogP) is 6.95. The maximum absolute atomic E-state index is 13.2. The van der Waals surface area contributed by atoms with Gasteiger partial charge >= 0.3 is 0 Å². The molecule has 38 heavy (non-hydrogen) atoms. The van der Waals surface area contributed by atoms with Crippen molar-refractivity contribution in [3.05, 3.63) is 148 Å². The number of allylic oxidation sites excluding steroid dienone is 1. The normalized spacial score (nSPS) is 11.3. The highest BCUT2D eigenvalue weighted by Crippen LogP contribution is 2.16. The summed E-state index contributed by atoms with van der Waals surface area (Å²) in [5, 5.41) is 6.04. The number of carbonyl (C=O) groups excluding carboxylic acids is 3. The molecule has 0 atom stereocenters. The van der Waals surface area contributed by atoms with Crippen LogP contribution in [0.3, 0.4) is 0 Å². The third-order valence-corrected chi connectivity index (χ3v) is 5.86. The fourth-order valence-electron chi connectivity index (χ4n) is 3.63. The van der Waals surface area contributed by atoms with Crippen LogP contribution in [0.2, 0.25) is 5.02 Å². The lowest BCUT2D eigenvalue weighted by atomic mass is 10.1. The second kappa shape index (κ2) is 12.5. The van der Waals surface area contributed by atoms with Gasteiger partial charge in [0.05, 0.1) is 0 Å². The Bertz CT molecular complexity index is 1510. The monoisotopic (exact) mass is 520 g/mol. The summed E-state index contributed by atoms with van der Waals surface area (Å²) in [5.74, 6) is -1.08. The van der Waals surface area contributed by atoms with Crippen molar-refractivity contribution >= 4 is 47.0 Å². The molecule has 0 aliphatic rings. The number of halogens is 1. The summed E-state index contributed by atoms with van der Waals surface area (Å²) in [6.07, 6.45) is 4.86. The molecule has 0 aromatic heterocycles. The predicted molar refractivity (Wildman–Crippen MR) is 153 cm³/mol.